The second-order valence-corrected chi connectivity index (χ2v) is 5.64. The first-order chi connectivity index (χ1) is 10.7. The van der Waals surface area contributed by atoms with Gasteiger partial charge in [0.2, 0.25) is 0 Å². The third kappa shape index (κ3) is 2.19. The normalized spacial score (nSPS) is 14.0. The molecule has 0 saturated carbocycles. The van der Waals surface area contributed by atoms with Gasteiger partial charge in [0.25, 0.3) is 5.91 Å². The maximum absolute atomic E-state index is 12.6. The van der Waals surface area contributed by atoms with Crippen LogP contribution < -0.4 is 4.90 Å². The highest BCUT2D eigenvalue weighted by Gasteiger charge is 2.31. The van der Waals surface area contributed by atoms with E-state index >= 15 is 0 Å². The van der Waals surface area contributed by atoms with Crippen molar-refractivity contribution in [2.24, 2.45) is 5.92 Å². The summed E-state index contributed by atoms with van der Waals surface area (Å²) in [4.78, 5) is 14.2. The Kier molecular flexibility index (Phi) is 3.71. The number of nitrogens with zero attached hydrogens (tertiary/aromatic N) is 3. The average molecular weight is 310 g/mol. The maximum Gasteiger partial charge on any atom is 0.259 e. The van der Waals surface area contributed by atoms with Crippen LogP contribution in [0, 0.1) is 28.6 Å². The highest BCUT2D eigenvalue weighted by molar-refractivity contribution is 6.38. The van der Waals surface area contributed by atoms with Gasteiger partial charge in [-0.2, -0.15) is 10.5 Å². The maximum atomic E-state index is 12.6. The van der Waals surface area contributed by atoms with Gasteiger partial charge in [0.15, 0.2) is 0 Å². The minimum Gasteiger partial charge on any atom is -0.306 e. The Morgan fingerprint density at radius 1 is 1.23 bits per heavy atom. The Bertz CT molecular complexity index is 847. The van der Waals surface area contributed by atoms with E-state index in [1.165, 1.54) is 0 Å². The van der Waals surface area contributed by atoms with E-state index in [-0.39, 0.29) is 11.8 Å². The summed E-state index contributed by atoms with van der Waals surface area (Å²) in [6.07, 6.45) is 0.771. The monoisotopic (exact) mass is 309 g/mol. The summed E-state index contributed by atoms with van der Waals surface area (Å²) in [5, 5.41) is 20.2. The van der Waals surface area contributed by atoms with Crippen molar-refractivity contribution in [1.82, 2.24) is 0 Å². The molecular formula is C17H12ClN3O. The molecule has 0 unspecified atom stereocenters. The molecule has 1 atom stereocenters. The molecule has 0 aromatic heterocycles. The number of benzene rings is 2. The van der Waals surface area contributed by atoms with Crippen LogP contribution in [0.5, 0.6) is 0 Å². The molecule has 5 heteroatoms. The fourth-order valence-electron chi connectivity index (χ4n) is 2.85. The minimum atomic E-state index is -0.358. The van der Waals surface area contributed by atoms with Crippen LogP contribution in [0.15, 0.2) is 30.3 Å². The zero-order valence-corrected chi connectivity index (χ0v) is 12.5. The molecule has 0 fully saturated rings. The number of halogens is 1. The van der Waals surface area contributed by atoms with Crippen LogP contribution in [0.4, 0.5) is 5.69 Å². The molecule has 0 bridgehead atoms. The van der Waals surface area contributed by atoms with Gasteiger partial charge in [0, 0.05) is 34.3 Å². The molecule has 0 aliphatic carbocycles. The topological polar surface area (TPSA) is 67.9 Å². The van der Waals surface area contributed by atoms with E-state index in [9.17, 15) is 10.1 Å². The fourth-order valence-corrected chi connectivity index (χ4v) is 3.07. The lowest BCUT2D eigenvalue weighted by molar-refractivity contribution is 0.0990. The molecule has 0 N–H and O–H groups in total. The van der Waals surface area contributed by atoms with Gasteiger partial charge < -0.3 is 4.90 Å². The lowest BCUT2D eigenvalue weighted by Gasteiger charge is -2.20. The lowest BCUT2D eigenvalue weighted by atomic mass is 10.0. The van der Waals surface area contributed by atoms with Crippen LogP contribution in [-0.4, -0.2) is 12.5 Å². The number of carbonyl (C=O) groups is 1. The molecule has 4 nitrogen and oxygen atoms in total. The second kappa shape index (κ2) is 5.67. The van der Waals surface area contributed by atoms with Gasteiger partial charge >= 0.3 is 0 Å². The number of carbonyl (C=O) groups excluding carboxylic acids is 1. The first-order valence-corrected chi connectivity index (χ1v) is 7.35. The molecule has 0 saturated heterocycles. The van der Waals surface area contributed by atoms with Crippen molar-refractivity contribution in [3.8, 4) is 12.1 Å². The molecule has 3 rings (SSSR count). The van der Waals surface area contributed by atoms with Crippen LogP contribution >= 0.6 is 11.6 Å². The molecule has 1 aliphatic rings. The zero-order chi connectivity index (χ0) is 15.7. The Morgan fingerprint density at radius 2 is 2.05 bits per heavy atom. The van der Waals surface area contributed by atoms with E-state index in [2.05, 4.69) is 6.07 Å². The second-order valence-electron chi connectivity index (χ2n) is 5.23. The Labute approximate surface area is 133 Å². The Morgan fingerprint density at radius 3 is 2.77 bits per heavy atom. The first-order valence-electron chi connectivity index (χ1n) is 6.97. The summed E-state index contributed by atoms with van der Waals surface area (Å²) < 4.78 is 0. The first kappa shape index (κ1) is 14.4. The van der Waals surface area contributed by atoms with E-state index in [0.29, 0.717) is 30.0 Å². The predicted molar refractivity (Wildman–Crippen MR) is 84.6 cm³/mol. The van der Waals surface area contributed by atoms with Crippen LogP contribution in [-0.2, 0) is 0 Å². The molecule has 0 radical (unpaired) electrons. The summed E-state index contributed by atoms with van der Waals surface area (Å²) in [6.45, 7) is 0.294. The molecule has 108 valence electrons. The summed E-state index contributed by atoms with van der Waals surface area (Å²) in [7, 11) is 0. The fraction of sp³-hybridized carbons (Fsp3) is 0.235. The van der Waals surface area contributed by atoms with Crippen molar-refractivity contribution in [2.45, 2.75) is 12.8 Å². The third-order valence-corrected chi connectivity index (χ3v) is 4.25. The zero-order valence-electron chi connectivity index (χ0n) is 11.7. The molecular weight excluding hydrogens is 298 g/mol. The minimum absolute atomic E-state index is 0.111. The van der Waals surface area contributed by atoms with Gasteiger partial charge in [0.1, 0.15) is 0 Å². The van der Waals surface area contributed by atoms with Crippen LogP contribution in [0.2, 0.25) is 5.02 Å². The highest BCUT2D eigenvalue weighted by atomic mass is 35.5. The van der Waals surface area contributed by atoms with Gasteiger partial charge in [-0.3, -0.25) is 4.79 Å². The molecule has 2 aromatic rings. The SMILES string of the molecule is N#CCC[C@@H](C#N)CN1C(=O)c2cccc3c(Cl)ccc1c23. The van der Waals surface area contributed by atoms with Crippen molar-refractivity contribution in [3.63, 3.8) is 0 Å². The van der Waals surface area contributed by atoms with Crippen molar-refractivity contribution in [2.75, 3.05) is 11.4 Å². The van der Waals surface area contributed by atoms with E-state index in [1.54, 1.807) is 17.0 Å². The van der Waals surface area contributed by atoms with E-state index < -0.39 is 0 Å². The number of nitriles is 2. The third-order valence-electron chi connectivity index (χ3n) is 3.92. The van der Waals surface area contributed by atoms with Crippen molar-refractivity contribution in [1.29, 1.82) is 10.5 Å². The van der Waals surface area contributed by atoms with Crippen molar-refractivity contribution >= 4 is 34.0 Å². The average Bonchev–Trinajstić information content (AvgIpc) is 2.81. The van der Waals surface area contributed by atoms with Gasteiger partial charge in [0.05, 0.1) is 23.7 Å². The molecule has 1 heterocycles. The summed E-state index contributed by atoms with van der Waals surface area (Å²) in [5.74, 6) is -0.469. The number of rotatable bonds is 4. The largest absolute Gasteiger partial charge is 0.306 e. The van der Waals surface area contributed by atoms with Gasteiger partial charge in [-0.25, -0.2) is 0 Å². The number of hydrogen-bond acceptors (Lipinski definition) is 3. The summed E-state index contributed by atoms with van der Waals surface area (Å²) in [6, 6.07) is 13.3. The summed E-state index contributed by atoms with van der Waals surface area (Å²) >= 11 is 6.21. The Balaban J connectivity index is 2.01. The van der Waals surface area contributed by atoms with E-state index in [0.717, 1.165) is 16.5 Å². The quantitative estimate of drug-likeness (QED) is 0.860. The van der Waals surface area contributed by atoms with Crippen LogP contribution in [0.1, 0.15) is 23.2 Å². The number of hydrogen-bond donors (Lipinski definition) is 0. The predicted octanol–water partition coefficient (Wildman–Crippen LogP) is 3.90. The molecule has 1 aliphatic heterocycles. The molecule has 22 heavy (non-hydrogen) atoms. The summed E-state index contributed by atoms with van der Waals surface area (Å²) in [5.41, 5.74) is 1.41. The molecule has 0 spiro atoms. The lowest BCUT2D eigenvalue weighted by Crippen LogP contribution is -2.31. The van der Waals surface area contributed by atoms with Crippen LogP contribution in [0.3, 0.4) is 0 Å². The molecule has 2 aromatic carbocycles. The van der Waals surface area contributed by atoms with Gasteiger partial charge in [-0.15, -0.1) is 0 Å². The van der Waals surface area contributed by atoms with Crippen molar-refractivity contribution < 1.29 is 4.79 Å². The Hall–Kier alpha value is -2.56. The smallest absolute Gasteiger partial charge is 0.259 e. The van der Waals surface area contributed by atoms with E-state index in [4.69, 9.17) is 16.9 Å². The highest BCUT2D eigenvalue weighted by Crippen LogP contribution is 2.40. The van der Waals surface area contributed by atoms with Gasteiger partial charge in [-0.1, -0.05) is 23.7 Å². The van der Waals surface area contributed by atoms with E-state index in [1.807, 2.05) is 24.3 Å². The van der Waals surface area contributed by atoms with Crippen molar-refractivity contribution in [3.05, 3.63) is 40.9 Å². The molecule has 1 amide bonds. The van der Waals surface area contributed by atoms with Gasteiger partial charge in [-0.05, 0) is 24.6 Å². The van der Waals surface area contributed by atoms with Crippen LogP contribution in [0.25, 0.3) is 10.8 Å². The number of anilines is 1. The standard InChI is InChI=1S/C17H12ClN3O/c18-14-6-7-15-16-12(14)4-1-5-13(16)17(22)21(15)10-11(9-20)3-2-8-19/h1,4-7,11H,2-3,10H2/t11-/m0/s1. The number of amides is 1.